The molecule has 3 aromatic carbocycles. The number of ether oxygens (including phenoxy) is 3. The number of ketones is 1. The predicted octanol–water partition coefficient (Wildman–Crippen LogP) is 2.60. The molecule has 4 heterocycles. The summed E-state index contributed by atoms with van der Waals surface area (Å²) >= 11 is 0. The first-order chi connectivity index (χ1) is 50.7. The molecule has 14 N–H and O–H groups in total. The third kappa shape index (κ3) is 21.1. The number of fused-ring (bicyclic) bond motifs is 2. The van der Waals surface area contributed by atoms with E-state index in [0.29, 0.717) is 37.2 Å². The molecule has 572 valence electrons. The topological polar surface area (TPSA) is 466 Å². The smallest absolute Gasteiger partial charge is 0.313 e. The molecule has 1 fully saturated rings. The molecule has 32 heteroatoms. The minimum atomic E-state index is -2.09. The van der Waals surface area contributed by atoms with Gasteiger partial charge in [0.25, 0.3) is 11.7 Å². The number of nitrogens with zero attached hydrogens (tertiary/aromatic N) is 2. The molecular formula is C75H93N13O19. The van der Waals surface area contributed by atoms with Gasteiger partial charge in [-0.05, 0) is 82.8 Å². The van der Waals surface area contributed by atoms with Crippen molar-refractivity contribution in [1.29, 1.82) is 0 Å². The lowest BCUT2D eigenvalue weighted by atomic mass is 9.83. The van der Waals surface area contributed by atoms with E-state index in [9.17, 15) is 67.7 Å². The van der Waals surface area contributed by atoms with Crippen LogP contribution in [0.3, 0.4) is 0 Å². The van der Waals surface area contributed by atoms with Gasteiger partial charge in [-0.2, -0.15) is 0 Å². The van der Waals surface area contributed by atoms with Crippen LogP contribution in [0.1, 0.15) is 116 Å². The number of esters is 1. The van der Waals surface area contributed by atoms with Gasteiger partial charge >= 0.3 is 11.8 Å². The van der Waals surface area contributed by atoms with E-state index < -0.39 is 156 Å². The van der Waals surface area contributed by atoms with Gasteiger partial charge in [0.2, 0.25) is 58.6 Å². The Morgan fingerprint density at radius 1 is 0.776 bits per heavy atom. The number of hydrogen-bond acceptors (Lipinski definition) is 22. The molecule has 1 saturated heterocycles. The van der Waals surface area contributed by atoms with Crippen LogP contribution in [0.5, 0.6) is 17.2 Å². The fraction of sp³-hybridized carbons (Fsp3) is 0.453. The van der Waals surface area contributed by atoms with Gasteiger partial charge in [-0.15, -0.1) is 0 Å². The first-order valence-electron chi connectivity index (χ1n) is 35.3. The Hall–Kier alpha value is -11.7. The third-order valence-electron chi connectivity index (χ3n) is 18.5. The molecule has 107 heavy (non-hydrogen) atoms. The molecule has 9 atom stereocenters. The largest absolute Gasteiger partial charge is 0.507 e. The molecule has 0 saturated carbocycles. The Morgan fingerprint density at radius 3 is 2.06 bits per heavy atom. The normalized spacial score (nSPS) is 20.7. The number of anilines is 2. The highest BCUT2D eigenvalue weighted by Crippen LogP contribution is 2.51. The van der Waals surface area contributed by atoms with E-state index in [-0.39, 0.29) is 105 Å². The first-order valence-corrected chi connectivity index (χ1v) is 35.3. The van der Waals surface area contributed by atoms with Gasteiger partial charge in [-0.25, -0.2) is 4.98 Å². The second kappa shape index (κ2) is 36.4. The number of phenols is 2. The number of piperidine rings is 1. The number of carbonyl (C=O) groups is 12. The molecule has 5 aliphatic rings. The van der Waals surface area contributed by atoms with Crippen molar-refractivity contribution in [3.63, 3.8) is 0 Å². The number of phenolic OH excluding ortho intramolecular Hbond substituents is 2. The van der Waals surface area contributed by atoms with Crippen LogP contribution in [0.4, 0.5) is 11.4 Å². The average Bonchev–Trinajstić information content (AvgIpc) is 1.65. The van der Waals surface area contributed by atoms with Crippen LogP contribution < -0.4 is 74.0 Å². The van der Waals surface area contributed by atoms with Crippen LogP contribution in [-0.2, 0) is 68.6 Å². The summed E-state index contributed by atoms with van der Waals surface area (Å²) in [5.41, 5.74) is 7.64. The van der Waals surface area contributed by atoms with Crippen LogP contribution in [0.2, 0.25) is 0 Å². The average molecular weight is 1480 g/mol. The van der Waals surface area contributed by atoms with Crippen molar-refractivity contribution in [2.45, 2.75) is 144 Å². The summed E-state index contributed by atoms with van der Waals surface area (Å²) in [4.78, 5) is 178. The van der Waals surface area contributed by atoms with Crippen molar-refractivity contribution < 1.29 is 86.4 Å². The summed E-state index contributed by atoms with van der Waals surface area (Å²) in [6.07, 6.45) is 9.82. The number of benzene rings is 4. The number of amides is 10. The summed E-state index contributed by atoms with van der Waals surface area (Å²) in [5.74, 6) is -11.8. The highest BCUT2D eigenvalue weighted by Gasteiger charge is 2.50. The molecule has 8 rings (SSSR count). The van der Waals surface area contributed by atoms with Gasteiger partial charge in [0.05, 0.1) is 43.7 Å². The highest BCUT2D eigenvalue weighted by atomic mass is 16.7. The Kier molecular flexibility index (Phi) is 27.5. The number of aromatic hydroxyl groups is 2. The summed E-state index contributed by atoms with van der Waals surface area (Å²) in [6, 6.07) is 7.56. The monoisotopic (exact) mass is 1480 g/mol. The van der Waals surface area contributed by atoms with Crippen LogP contribution in [0.25, 0.3) is 33.3 Å². The molecule has 0 aromatic heterocycles. The molecular weight excluding hydrogens is 1390 g/mol. The maximum atomic E-state index is 15.0. The maximum Gasteiger partial charge on any atom is 0.313 e. The van der Waals surface area contributed by atoms with Crippen molar-refractivity contribution in [1.82, 2.24) is 52.8 Å². The fourth-order valence-electron chi connectivity index (χ4n) is 12.9. The number of hydrogen-bond donors (Lipinski definition) is 13. The van der Waals surface area contributed by atoms with E-state index in [1.54, 1.807) is 61.5 Å². The van der Waals surface area contributed by atoms with Gasteiger partial charge in [-0.1, -0.05) is 82.0 Å². The van der Waals surface area contributed by atoms with Crippen LogP contribution in [0.15, 0.2) is 93.5 Å². The van der Waals surface area contributed by atoms with Crippen molar-refractivity contribution in [3.05, 3.63) is 111 Å². The molecule has 0 radical (unpaired) electrons. The van der Waals surface area contributed by atoms with E-state index in [1.807, 2.05) is 31.7 Å². The van der Waals surface area contributed by atoms with Gasteiger partial charge in [0.1, 0.15) is 64.6 Å². The Morgan fingerprint density at radius 2 is 1.40 bits per heavy atom. The number of aromatic nitrogens is 1. The summed E-state index contributed by atoms with van der Waals surface area (Å²) < 4.78 is 24.6. The van der Waals surface area contributed by atoms with Crippen molar-refractivity contribution in [3.8, 4) is 28.7 Å². The van der Waals surface area contributed by atoms with E-state index in [4.69, 9.17) is 29.3 Å². The molecule has 0 unspecified atom stereocenters. The predicted molar refractivity (Wildman–Crippen MR) is 392 cm³/mol. The zero-order valence-corrected chi connectivity index (χ0v) is 61.3. The number of nitrogens with two attached hydrogens (primary N) is 1. The number of rotatable bonds is 23. The van der Waals surface area contributed by atoms with Crippen LogP contribution >= 0.6 is 0 Å². The number of Topliss-reactive ketones (excluding diaryl/α,β-unsaturated/α-hetero) is 1. The minimum absolute atomic E-state index is 0.00232. The van der Waals surface area contributed by atoms with Gasteiger partial charge in [0.15, 0.2) is 11.3 Å². The summed E-state index contributed by atoms with van der Waals surface area (Å²) in [7, 11) is 0. The van der Waals surface area contributed by atoms with E-state index in [1.165, 1.54) is 40.7 Å². The van der Waals surface area contributed by atoms with Gasteiger partial charge < -0.3 is 92.6 Å². The third-order valence-corrected chi connectivity index (χ3v) is 18.5. The number of allylic oxidation sites excluding steroid dienone is 3. The molecule has 4 bridgehead atoms. The zero-order chi connectivity index (χ0) is 78.1. The highest BCUT2D eigenvalue weighted by molar-refractivity contribution is 6.22. The Bertz CT molecular complexity index is 4430. The Balaban J connectivity index is 0.876. The number of carbonyl (C=O) groups excluding carboxylic acids is 12. The quantitative estimate of drug-likeness (QED) is 0.0193. The van der Waals surface area contributed by atoms with Gasteiger partial charge in [-0.3, -0.25) is 62.3 Å². The Labute approximate surface area is 616 Å². The molecule has 0 spiro atoms. The molecule has 32 nitrogen and oxygen atoms in total. The zero-order valence-electron chi connectivity index (χ0n) is 61.3. The molecule has 1 aliphatic carbocycles. The van der Waals surface area contributed by atoms with Crippen molar-refractivity contribution in [2.24, 2.45) is 29.4 Å². The lowest BCUT2D eigenvalue weighted by molar-refractivity contribution is -0.151. The standard InChI is InChI=1S/C75H93N13O19/c1-38-16-14-17-41(4)71(100)87-64-66(98)60-59(61-68(43(6)65(60)97)107-75(10,70(61)99)104-27-15-18-40(3)67(105-46(9)89)42(5)29-39(2)28-38)63-69(64)106-52-32-49(31-51(90)62(52)86-63)88-25-22-48(23-26-88)84-58(96)37-80-55(93)34-78-56(94)35-81-72(101)44(7)83-74(103)50(30-47-19-12-11-13-20-47)85-73(102)45(8)82-57(95)36-79-54(92)33-77-53(91)21-24-76/h11-14,16-20,27,31-32,38-40,42,44-45,48,50,67,90,97H,21-26,28-30,33-37,76H2,1-10H3,(H,77,91)(H,78,94)(H,79,92)(H,80,93)(H,81,101)(H,82,95)(H,83,103)(H,84,96)(H,85,102)(H,87,100)/b16-14+,41-17-/t15?,38-,39+,40+,42+,44-,45-,50-,67+,75-/m0/s1. The van der Waals surface area contributed by atoms with Crippen LogP contribution in [0, 0.1) is 30.6 Å². The van der Waals surface area contributed by atoms with Gasteiger partial charge in [0, 0.05) is 92.6 Å². The lowest BCUT2D eigenvalue weighted by Crippen LogP contribution is -2.57. The second-order valence-electron chi connectivity index (χ2n) is 27.4. The molecule has 10 amide bonds. The fourth-order valence-corrected chi connectivity index (χ4v) is 12.9. The maximum absolute atomic E-state index is 15.0. The summed E-state index contributed by atoms with van der Waals surface area (Å²) in [6.45, 7) is 14.6. The SMILES string of the molecule is CC(=O)O[C@@H]1[C@H](C)C=C=CO[C@@]2(C)Oc3c(C)c(O)c4c(=O)c(c5oc6cc(N7CCC(NC(=O)CNC(=O)CNC(=O)CNC(=O)[C@H](C)NC(=O)[C@H](Cc8ccccc8)NC(=O)[C@H](C)NC(=O)CNC(=O)CNC(=O)CCN)CC7)cc(O)c6nc-5c4c3C2=O)NC(=O)/C(C)=C\C=C\[C@H](C)C[C@@H](C)C[C@H]1C. The molecule has 4 aliphatic heterocycles. The van der Waals surface area contributed by atoms with E-state index in [0.717, 1.165) is 19.1 Å². The number of nitrogens with one attached hydrogen (secondary N) is 10. The first kappa shape index (κ1) is 81.0. The lowest BCUT2D eigenvalue weighted by Gasteiger charge is -2.34. The van der Waals surface area contributed by atoms with E-state index >= 15 is 4.79 Å². The molecule has 3 aromatic rings. The van der Waals surface area contributed by atoms with Crippen molar-refractivity contribution in [2.75, 3.05) is 62.6 Å². The summed E-state index contributed by atoms with van der Waals surface area (Å²) in [5, 5.41) is 48.0. The van der Waals surface area contributed by atoms with Crippen LogP contribution in [-0.4, -0.2) is 174 Å². The van der Waals surface area contributed by atoms with E-state index in [2.05, 4.69) is 65.8 Å². The second-order valence-corrected chi connectivity index (χ2v) is 27.4. The van der Waals surface area contributed by atoms with Crippen molar-refractivity contribution >= 4 is 104 Å². The minimum Gasteiger partial charge on any atom is -0.507 e.